The number of hydrogen-bond acceptors (Lipinski definition) is 6. The number of hydrogen-bond donors (Lipinski definition) is 1. The molecule has 0 bridgehead atoms. The van der Waals surface area contributed by atoms with E-state index in [0.29, 0.717) is 5.69 Å². The molecule has 2 rings (SSSR count). The highest BCUT2D eigenvalue weighted by Crippen LogP contribution is 2.22. The average molecular weight is 365 g/mol. The lowest BCUT2D eigenvalue weighted by molar-refractivity contribution is -0.384. The number of benzene rings is 2. The van der Waals surface area contributed by atoms with Crippen LogP contribution >= 0.6 is 0 Å². The molecule has 0 fully saturated rings. The van der Waals surface area contributed by atoms with Gasteiger partial charge >= 0.3 is 10.3 Å². The Morgan fingerprint density at radius 3 is 2.28 bits per heavy atom. The van der Waals surface area contributed by atoms with Crippen LogP contribution in [0.15, 0.2) is 48.5 Å². The molecule has 9 nitrogen and oxygen atoms in total. The third-order valence-electron chi connectivity index (χ3n) is 3.11. The fraction of sp³-hybridized carbons (Fsp3) is 0.133. The van der Waals surface area contributed by atoms with Gasteiger partial charge in [0.15, 0.2) is 5.75 Å². The van der Waals surface area contributed by atoms with Gasteiger partial charge in [-0.1, -0.05) is 12.1 Å². The molecule has 2 aromatic carbocycles. The maximum Gasteiger partial charge on any atom is 0.384 e. The minimum Gasteiger partial charge on any atom is -0.370 e. The minimum atomic E-state index is -4.02. The van der Waals surface area contributed by atoms with Crippen LogP contribution in [0.3, 0.4) is 0 Å². The van der Waals surface area contributed by atoms with Gasteiger partial charge in [-0.15, -0.1) is 0 Å². The zero-order valence-electron chi connectivity index (χ0n) is 13.4. The first kappa shape index (κ1) is 18.4. The van der Waals surface area contributed by atoms with Gasteiger partial charge < -0.3 is 9.50 Å². The number of non-ortho nitro benzene ring substituents is 1. The van der Waals surface area contributed by atoms with E-state index in [9.17, 15) is 23.3 Å². The molecule has 0 aliphatic carbocycles. The molecule has 132 valence electrons. The van der Waals surface area contributed by atoms with Gasteiger partial charge in [0.1, 0.15) is 0 Å². The lowest BCUT2D eigenvalue weighted by atomic mass is 10.2. The number of para-hydroxylation sites is 1. The SMILES string of the molecule is CN(C)S(=O)(=O)Oc1ccccc1C(=O)Nc1ccc([N+](=O)[O-])cc1. The summed E-state index contributed by atoms with van der Waals surface area (Å²) < 4.78 is 29.5. The Morgan fingerprint density at radius 1 is 1.12 bits per heavy atom. The van der Waals surface area contributed by atoms with Crippen LogP contribution in [0, 0.1) is 10.1 Å². The Balaban J connectivity index is 2.24. The van der Waals surface area contributed by atoms with Crippen LogP contribution < -0.4 is 9.50 Å². The number of nitro benzene ring substituents is 1. The van der Waals surface area contributed by atoms with E-state index >= 15 is 0 Å². The van der Waals surface area contributed by atoms with Gasteiger partial charge in [0, 0.05) is 31.9 Å². The Bertz CT molecular complexity index is 894. The number of carbonyl (C=O) groups is 1. The van der Waals surface area contributed by atoms with Crippen LogP contribution in [0.25, 0.3) is 0 Å². The van der Waals surface area contributed by atoms with E-state index in [-0.39, 0.29) is 17.0 Å². The molecule has 25 heavy (non-hydrogen) atoms. The summed E-state index contributed by atoms with van der Waals surface area (Å²) in [6.45, 7) is 0. The van der Waals surface area contributed by atoms with E-state index in [2.05, 4.69) is 5.32 Å². The molecule has 10 heteroatoms. The number of amides is 1. The molecule has 2 aromatic rings. The van der Waals surface area contributed by atoms with Gasteiger partial charge in [0.05, 0.1) is 10.5 Å². The van der Waals surface area contributed by atoms with Crippen molar-refractivity contribution in [2.75, 3.05) is 19.4 Å². The fourth-order valence-corrected chi connectivity index (χ4v) is 2.30. The summed E-state index contributed by atoms with van der Waals surface area (Å²) >= 11 is 0. The second-order valence-electron chi connectivity index (χ2n) is 5.08. The van der Waals surface area contributed by atoms with Gasteiger partial charge in [-0.05, 0) is 24.3 Å². The number of anilines is 1. The first-order valence-electron chi connectivity index (χ1n) is 6.97. The van der Waals surface area contributed by atoms with Crippen molar-refractivity contribution in [2.45, 2.75) is 0 Å². The van der Waals surface area contributed by atoms with Crippen LogP contribution in [-0.2, 0) is 10.3 Å². The highest BCUT2D eigenvalue weighted by atomic mass is 32.2. The number of nitro groups is 1. The predicted molar refractivity (Wildman–Crippen MR) is 90.7 cm³/mol. The van der Waals surface area contributed by atoms with E-state index < -0.39 is 21.1 Å². The summed E-state index contributed by atoms with van der Waals surface area (Å²) in [5, 5.41) is 13.2. The quantitative estimate of drug-likeness (QED) is 0.618. The largest absolute Gasteiger partial charge is 0.384 e. The summed E-state index contributed by atoms with van der Waals surface area (Å²) in [4.78, 5) is 22.5. The summed E-state index contributed by atoms with van der Waals surface area (Å²) in [6, 6.07) is 11.1. The van der Waals surface area contributed by atoms with E-state index in [1.807, 2.05) is 0 Å². The monoisotopic (exact) mass is 365 g/mol. The highest BCUT2D eigenvalue weighted by molar-refractivity contribution is 7.84. The average Bonchev–Trinajstić information content (AvgIpc) is 2.55. The van der Waals surface area contributed by atoms with Gasteiger partial charge in [0.2, 0.25) is 0 Å². The number of nitrogens with one attached hydrogen (secondary N) is 1. The summed E-state index contributed by atoms with van der Waals surface area (Å²) in [5.74, 6) is -0.742. The first-order chi connectivity index (χ1) is 11.7. The molecule has 0 aliphatic heterocycles. The second kappa shape index (κ2) is 7.28. The fourth-order valence-electron chi connectivity index (χ4n) is 1.78. The third kappa shape index (κ3) is 4.52. The van der Waals surface area contributed by atoms with Crippen molar-refractivity contribution in [2.24, 2.45) is 0 Å². The van der Waals surface area contributed by atoms with Crippen molar-refractivity contribution in [1.82, 2.24) is 4.31 Å². The molecule has 0 aliphatic rings. The van der Waals surface area contributed by atoms with Crippen molar-refractivity contribution < 1.29 is 22.3 Å². The van der Waals surface area contributed by atoms with E-state index in [1.165, 1.54) is 56.6 Å². The molecule has 0 saturated carbocycles. The van der Waals surface area contributed by atoms with Crippen LogP contribution in [0.2, 0.25) is 0 Å². The van der Waals surface area contributed by atoms with Gasteiger partial charge in [-0.25, -0.2) is 0 Å². The molecule has 1 N–H and O–H groups in total. The van der Waals surface area contributed by atoms with Crippen LogP contribution in [0.1, 0.15) is 10.4 Å². The molecule has 0 radical (unpaired) electrons. The maximum atomic E-state index is 12.4. The molecular weight excluding hydrogens is 350 g/mol. The third-order valence-corrected chi connectivity index (χ3v) is 4.39. The van der Waals surface area contributed by atoms with Crippen molar-refractivity contribution in [3.05, 3.63) is 64.2 Å². The Hall–Kier alpha value is -2.98. The molecule has 0 heterocycles. The standard InChI is InChI=1S/C15H15N3O6S/c1-17(2)25(22,23)24-14-6-4-3-5-13(14)15(19)16-11-7-9-12(10-8-11)18(20)21/h3-10H,1-2H3,(H,16,19). The molecular formula is C15H15N3O6S. The molecule has 0 spiro atoms. The highest BCUT2D eigenvalue weighted by Gasteiger charge is 2.20. The van der Waals surface area contributed by atoms with Gasteiger partial charge in [0.25, 0.3) is 11.6 Å². The van der Waals surface area contributed by atoms with E-state index in [0.717, 1.165) is 4.31 Å². The summed E-state index contributed by atoms with van der Waals surface area (Å²) in [7, 11) is -1.42. The zero-order chi connectivity index (χ0) is 18.6. The lowest BCUT2D eigenvalue weighted by Crippen LogP contribution is -2.28. The van der Waals surface area contributed by atoms with Crippen molar-refractivity contribution >= 4 is 27.6 Å². The molecule has 0 unspecified atom stereocenters. The maximum absolute atomic E-state index is 12.4. The van der Waals surface area contributed by atoms with E-state index in [4.69, 9.17) is 4.18 Å². The topological polar surface area (TPSA) is 119 Å². The van der Waals surface area contributed by atoms with Crippen LogP contribution in [-0.4, -0.2) is 37.6 Å². The van der Waals surface area contributed by atoms with E-state index in [1.54, 1.807) is 6.07 Å². The molecule has 0 saturated heterocycles. The zero-order valence-corrected chi connectivity index (χ0v) is 14.2. The molecule has 1 amide bonds. The van der Waals surface area contributed by atoms with Crippen molar-refractivity contribution in [3.8, 4) is 5.75 Å². The molecule has 0 aromatic heterocycles. The smallest absolute Gasteiger partial charge is 0.370 e. The van der Waals surface area contributed by atoms with Crippen molar-refractivity contribution in [1.29, 1.82) is 0 Å². The Labute approximate surface area is 144 Å². The number of rotatable bonds is 6. The van der Waals surface area contributed by atoms with Gasteiger partial charge in [-0.3, -0.25) is 14.9 Å². The first-order valence-corrected chi connectivity index (χ1v) is 8.34. The van der Waals surface area contributed by atoms with Crippen molar-refractivity contribution in [3.63, 3.8) is 0 Å². The molecule has 0 atom stereocenters. The Kier molecular flexibility index (Phi) is 5.35. The predicted octanol–water partition coefficient (Wildman–Crippen LogP) is 2.03. The van der Waals surface area contributed by atoms with Crippen LogP contribution in [0.5, 0.6) is 5.75 Å². The van der Waals surface area contributed by atoms with Crippen LogP contribution in [0.4, 0.5) is 11.4 Å². The Morgan fingerprint density at radius 2 is 1.72 bits per heavy atom. The number of carbonyl (C=O) groups excluding carboxylic acids is 1. The normalized spacial score (nSPS) is 11.2. The van der Waals surface area contributed by atoms with Gasteiger partial charge in [-0.2, -0.15) is 12.7 Å². The minimum absolute atomic E-state index is 0.00581. The lowest BCUT2D eigenvalue weighted by Gasteiger charge is -2.14. The number of nitrogens with zero attached hydrogens (tertiary/aromatic N) is 2. The summed E-state index contributed by atoms with van der Waals surface area (Å²) in [6.07, 6.45) is 0. The summed E-state index contributed by atoms with van der Waals surface area (Å²) in [5.41, 5.74) is 0.214. The second-order valence-corrected chi connectivity index (χ2v) is 6.83.